The second kappa shape index (κ2) is 4.05. The molecule has 5 nitrogen and oxygen atoms in total. The second-order valence-electron chi connectivity index (χ2n) is 5.00. The first kappa shape index (κ1) is 11.4. The number of nitrogens with one attached hydrogen (secondary N) is 1. The van der Waals surface area contributed by atoms with Crippen molar-refractivity contribution in [2.45, 2.75) is 31.7 Å². The normalized spacial score (nSPS) is 25.1. The Morgan fingerprint density at radius 1 is 1.31 bits per heavy atom. The van der Waals surface area contributed by atoms with Gasteiger partial charge in [0.05, 0.1) is 0 Å². The van der Waals surface area contributed by atoms with Crippen LogP contribution in [0.5, 0.6) is 0 Å². The first-order valence-electron chi connectivity index (χ1n) is 5.84. The molecule has 0 radical (unpaired) electrons. The zero-order chi connectivity index (χ0) is 11.8. The lowest BCUT2D eigenvalue weighted by Gasteiger charge is -2.30. The molecule has 1 heterocycles. The highest BCUT2D eigenvalue weighted by molar-refractivity contribution is 6.07. The molecular weight excluding hydrogens is 206 g/mol. The quantitative estimate of drug-likeness (QED) is 0.634. The van der Waals surface area contributed by atoms with Crippen molar-refractivity contribution in [2.24, 2.45) is 11.1 Å². The zero-order valence-corrected chi connectivity index (χ0v) is 9.66. The molecule has 0 atom stereocenters. The van der Waals surface area contributed by atoms with E-state index in [1.165, 1.54) is 0 Å². The van der Waals surface area contributed by atoms with Crippen LogP contribution in [0.2, 0.25) is 0 Å². The van der Waals surface area contributed by atoms with Crippen LogP contribution in [-0.2, 0) is 9.59 Å². The van der Waals surface area contributed by atoms with E-state index in [4.69, 9.17) is 5.73 Å². The first-order chi connectivity index (χ1) is 7.54. The summed E-state index contributed by atoms with van der Waals surface area (Å²) in [6.07, 6.45) is 3.13. The van der Waals surface area contributed by atoms with Gasteiger partial charge in [-0.3, -0.25) is 9.59 Å². The third-order valence-electron chi connectivity index (χ3n) is 3.71. The SMILES string of the molecule is CN1CCC(NC(=O)C2(C(N)=O)CC2)CC1. The van der Waals surface area contributed by atoms with Crippen molar-refractivity contribution in [3.63, 3.8) is 0 Å². The van der Waals surface area contributed by atoms with Crippen molar-refractivity contribution in [3.05, 3.63) is 0 Å². The Morgan fingerprint density at radius 2 is 1.88 bits per heavy atom. The van der Waals surface area contributed by atoms with E-state index in [1.54, 1.807) is 0 Å². The summed E-state index contributed by atoms with van der Waals surface area (Å²) in [5.41, 5.74) is 4.38. The summed E-state index contributed by atoms with van der Waals surface area (Å²) < 4.78 is 0. The van der Waals surface area contributed by atoms with E-state index in [-0.39, 0.29) is 11.9 Å². The number of piperidine rings is 1. The molecule has 1 aliphatic heterocycles. The van der Waals surface area contributed by atoms with Crippen molar-refractivity contribution >= 4 is 11.8 Å². The fourth-order valence-electron chi connectivity index (χ4n) is 2.19. The predicted molar refractivity (Wildman–Crippen MR) is 59.5 cm³/mol. The van der Waals surface area contributed by atoms with Crippen molar-refractivity contribution in [1.82, 2.24) is 10.2 Å². The van der Waals surface area contributed by atoms with Gasteiger partial charge in [-0.2, -0.15) is 0 Å². The largest absolute Gasteiger partial charge is 0.369 e. The molecule has 0 spiro atoms. The minimum atomic E-state index is -0.872. The molecule has 0 aromatic heterocycles. The van der Waals surface area contributed by atoms with Crippen LogP contribution < -0.4 is 11.1 Å². The monoisotopic (exact) mass is 225 g/mol. The van der Waals surface area contributed by atoms with Crippen molar-refractivity contribution in [1.29, 1.82) is 0 Å². The number of nitrogens with zero attached hydrogens (tertiary/aromatic N) is 1. The molecule has 1 aliphatic carbocycles. The van der Waals surface area contributed by atoms with E-state index in [0.717, 1.165) is 25.9 Å². The molecule has 2 rings (SSSR count). The smallest absolute Gasteiger partial charge is 0.235 e. The van der Waals surface area contributed by atoms with Gasteiger partial charge in [0.2, 0.25) is 11.8 Å². The van der Waals surface area contributed by atoms with Crippen LogP contribution in [0.3, 0.4) is 0 Å². The Morgan fingerprint density at radius 3 is 2.31 bits per heavy atom. The highest BCUT2D eigenvalue weighted by Gasteiger charge is 2.55. The maximum absolute atomic E-state index is 11.9. The van der Waals surface area contributed by atoms with Gasteiger partial charge < -0.3 is 16.0 Å². The molecule has 90 valence electrons. The molecule has 1 saturated carbocycles. The Labute approximate surface area is 95.3 Å². The van der Waals surface area contributed by atoms with Crippen LogP contribution >= 0.6 is 0 Å². The number of nitrogens with two attached hydrogens (primary N) is 1. The molecule has 0 aromatic rings. The third kappa shape index (κ3) is 2.04. The number of likely N-dealkylation sites (tertiary alicyclic amines) is 1. The van der Waals surface area contributed by atoms with Crippen molar-refractivity contribution < 1.29 is 9.59 Å². The van der Waals surface area contributed by atoms with E-state index < -0.39 is 11.3 Å². The molecule has 16 heavy (non-hydrogen) atoms. The lowest BCUT2D eigenvalue weighted by atomic mass is 10.0. The van der Waals surface area contributed by atoms with Gasteiger partial charge in [0.1, 0.15) is 5.41 Å². The van der Waals surface area contributed by atoms with Gasteiger partial charge in [-0.05, 0) is 45.8 Å². The van der Waals surface area contributed by atoms with E-state index in [2.05, 4.69) is 17.3 Å². The van der Waals surface area contributed by atoms with Gasteiger partial charge >= 0.3 is 0 Å². The Hall–Kier alpha value is -1.10. The fourth-order valence-corrected chi connectivity index (χ4v) is 2.19. The molecule has 0 aromatic carbocycles. The van der Waals surface area contributed by atoms with Crippen molar-refractivity contribution in [3.8, 4) is 0 Å². The van der Waals surface area contributed by atoms with Crippen molar-refractivity contribution in [2.75, 3.05) is 20.1 Å². The van der Waals surface area contributed by atoms with Gasteiger partial charge in [0, 0.05) is 6.04 Å². The molecule has 0 bridgehead atoms. The van der Waals surface area contributed by atoms with Gasteiger partial charge in [-0.15, -0.1) is 0 Å². The molecule has 3 N–H and O–H groups in total. The van der Waals surface area contributed by atoms with Gasteiger partial charge in [0.25, 0.3) is 0 Å². The molecule has 2 fully saturated rings. The fraction of sp³-hybridized carbons (Fsp3) is 0.818. The lowest BCUT2D eigenvalue weighted by molar-refractivity contribution is -0.136. The number of primary amides is 1. The predicted octanol–water partition coefficient (Wildman–Crippen LogP) is -0.538. The zero-order valence-electron chi connectivity index (χ0n) is 9.66. The lowest BCUT2D eigenvalue weighted by Crippen LogP contribution is -2.48. The topological polar surface area (TPSA) is 75.4 Å². The van der Waals surface area contributed by atoms with Crippen LogP contribution in [-0.4, -0.2) is 42.9 Å². The number of hydrogen-bond donors (Lipinski definition) is 2. The van der Waals surface area contributed by atoms with E-state index >= 15 is 0 Å². The van der Waals surface area contributed by atoms with E-state index in [0.29, 0.717) is 12.8 Å². The van der Waals surface area contributed by atoms with Crippen LogP contribution in [0.4, 0.5) is 0 Å². The standard InChI is InChI=1S/C11H19N3O2/c1-14-6-2-8(3-7-14)13-10(16)11(4-5-11)9(12)15/h8H,2-7H2,1H3,(H2,12,15)(H,13,16). The summed E-state index contributed by atoms with van der Waals surface area (Å²) in [6.45, 7) is 1.99. The minimum absolute atomic E-state index is 0.158. The maximum Gasteiger partial charge on any atom is 0.235 e. The summed E-state index contributed by atoms with van der Waals surface area (Å²) >= 11 is 0. The number of amides is 2. The Balaban J connectivity index is 1.86. The summed E-state index contributed by atoms with van der Waals surface area (Å²) in [5.74, 6) is -0.632. The number of carbonyl (C=O) groups excluding carboxylic acids is 2. The average molecular weight is 225 g/mol. The average Bonchev–Trinajstić information content (AvgIpc) is 3.02. The Bertz CT molecular complexity index is 304. The molecular formula is C11H19N3O2. The molecule has 0 unspecified atom stereocenters. The first-order valence-corrected chi connectivity index (χ1v) is 5.84. The maximum atomic E-state index is 11.9. The third-order valence-corrected chi connectivity index (χ3v) is 3.71. The summed E-state index contributed by atoms with van der Waals surface area (Å²) in [5, 5.41) is 2.96. The van der Waals surface area contributed by atoms with Gasteiger partial charge in [0.15, 0.2) is 0 Å². The number of rotatable bonds is 3. The van der Waals surface area contributed by atoms with Crippen LogP contribution in [0, 0.1) is 5.41 Å². The van der Waals surface area contributed by atoms with E-state index in [1.807, 2.05) is 0 Å². The minimum Gasteiger partial charge on any atom is -0.369 e. The molecule has 5 heteroatoms. The van der Waals surface area contributed by atoms with Gasteiger partial charge in [-0.25, -0.2) is 0 Å². The van der Waals surface area contributed by atoms with Gasteiger partial charge in [-0.1, -0.05) is 0 Å². The molecule has 2 aliphatic rings. The van der Waals surface area contributed by atoms with Crippen LogP contribution in [0.25, 0.3) is 0 Å². The highest BCUT2D eigenvalue weighted by atomic mass is 16.2. The molecule has 1 saturated heterocycles. The Kier molecular flexibility index (Phi) is 2.88. The summed E-state index contributed by atoms with van der Waals surface area (Å²) in [7, 11) is 2.07. The number of carbonyl (C=O) groups is 2. The van der Waals surface area contributed by atoms with E-state index in [9.17, 15) is 9.59 Å². The number of hydrogen-bond acceptors (Lipinski definition) is 3. The highest BCUT2D eigenvalue weighted by Crippen LogP contribution is 2.45. The second-order valence-corrected chi connectivity index (χ2v) is 5.00. The van der Waals surface area contributed by atoms with Crippen LogP contribution in [0.1, 0.15) is 25.7 Å². The molecule has 2 amide bonds. The summed E-state index contributed by atoms with van der Waals surface area (Å²) in [6, 6.07) is 0.209. The van der Waals surface area contributed by atoms with Crippen LogP contribution in [0.15, 0.2) is 0 Å². The summed E-state index contributed by atoms with van der Waals surface area (Å²) in [4.78, 5) is 25.3.